The van der Waals surface area contributed by atoms with Crippen LogP contribution in [0.1, 0.15) is 31.2 Å². The van der Waals surface area contributed by atoms with Gasteiger partial charge in [-0.05, 0) is 62.9 Å². The molecule has 9 nitrogen and oxygen atoms in total. The number of ether oxygens (including phenoxy) is 3. The van der Waals surface area contributed by atoms with Gasteiger partial charge in [-0.3, -0.25) is 0 Å². The van der Waals surface area contributed by atoms with Crippen molar-refractivity contribution in [3.8, 4) is 23.0 Å². The first-order valence-corrected chi connectivity index (χ1v) is 13.9. The Kier molecular flexibility index (Phi) is 6.34. The van der Waals surface area contributed by atoms with Crippen LogP contribution in [0.15, 0.2) is 55.1 Å². The zero-order valence-corrected chi connectivity index (χ0v) is 23.1. The van der Waals surface area contributed by atoms with E-state index in [1.54, 1.807) is 32.5 Å². The van der Waals surface area contributed by atoms with Crippen LogP contribution < -0.4 is 24.8 Å². The minimum absolute atomic E-state index is 0.104. The maximum atomic E-state index is 15.6. The van der Waals surface area contributed by atoms with Gasteiger partial charge < -0.3 is 29.4 Å². The number of fused-ring (bicyclic) bond motifs is 4. The Morgan fingerprint density at radius 2 is 1.78 bits per heavy atom. The Morgan fingerprint density at radius 1 is 0.951 bits per heavy atom. The largest absolute Gasteiger partial charge is 0.493 e. The molecule has 2 unspecified atom stereocenters. The normalized spacial score (nSPS) is 20.0. The fraction of sp³-hybridized carbons (Fsp3) is 0.323. The topological polar surface area (TPSA) is 95.4 Å². The van der Waals surface area contributed by atoms with Gasteiger partial charge in [0.2, 0.25) is 0 Å². The second-order valence-electron chi connectivity index (χ2n) is 10.9. The molecule has 2 N–H and O–H groups in total. The van der Waals surface area contributed by atoms with Crippen LogP contribution in [0.3, 0.4) is 0 Å². The van der Waals surface area contributed by atoms with Crippen molar-refractivity contribution >= 4 is 33.4 Å². The van der Waals surface area contributed by atoms with Crippen molar-refractivity contribution in [1.82, 2.24) is 24.8 Å². The second-order valence-corrected chi connectivity index (χ2v) is 10.9. The van der Waals surface area contributed by atoms with E-state index in [1.807, 2.05) is 41.9 Å². The van der Waals surface area contributed by atoms with E-state index < -0.39 is 5.82 Å². The summed E-state index contributed by atoms with van der Waals surface area (Å²) in [6, 6.07) is 13.7. The van der Waals surface area contributed by atoms with Gasteiger partial charge in [0.25, 0.3) is 0 Å². The number of nitrogens with one attached hydrogen (secondary N) is 2. The third-order valence-corrected chi connectivity index (χ3v) is 8.16. The summed E-state index contributed by atoms with van der Waals surface area (Å²) in [6.45, 7) is 1.69. The van der Waals surface area contributed by atoms with Crippen molar-refractivity contribution in [2.75, 3.05) is 12.4 Å². The van der Waals surface area contributed by atoms with Gasteiger partial charge in [-0.15, -0.1) is 0 Å². The number of benzene rings is 3. The molecule has 2 saturated heterocycles. The van der Waals surface area contributed by atoms with Crippen LogP contribution in [0.25, 0.3) is 21.9 Å². The molecule has 0 aliphatic carbocycles. The van der Waals surface area contributed by atoms with Gasteiger partial charge in [0.1, 0.15) is 29.7 Å². The minimum atomic E-state index is -0.427. The third-order valence-electron chi connectivity index (χ3n) is 8.16. The second kappa shape index (κ2) is 10.2. The molecule has 0 amide bonds. The summed E-state index contributed by atoms with van der Waals surface area (Å²) >= 11 is 0. The summed E-state index contributed by atoms with van der Waals surface area (Å²) in [5.41, 5.74) is 3.12. The number of anilines is 2. The van der Waals surface area contributed by atoms with E-state index in [1.165, 1.54) is 19.2 Å². The molecule has 2 bridgehead atoms. The van der Waals surface area contributed by atoms with Crippen molar-refractivity contribution in [3.05, 3.63) is 66.5 Å². The number of methoxy groups -OCH3 is 1. The van der Waals surface area contributed by atoms with Crippen LogP contribution in [0.4, 0.5) is 15.9 Å². The van der Waals surface area contributed by atoms with Crippen LogP contribution in [0, 0.1) is 12.7 Å². The number of nitrogens with zero attached hydrogens (tertiary/aromatic N) is 4. The maximum absolute atomic E-state index is 15.6. The summed E-state index contributed by atoms with van der Waals surface area (Å²) in [7, 11) is 3.56. The average Bonchev–Trinajstić information content (AvgIpc) is 3.52. The number of hydrogen-bond acceptors (Lipinski definition) is 8. The lowest BCUT2D eigenvalue weighted by molar-refractivity contribution is 0.133. The molecule has 2 aromatic heterocycles. The molecule has 210 valence electrons. The Bertz CT molecular complexity index is 1760. The SMILES string of the molecule is COc1cc2ncnc(Nc3ccc(Oc4ccc5c(c4)ncn5C)c(C)c3F)c2cc1OC1CC2CCC(C1)N2. The number of aromatic nitrogens is 4. The van der Waals surface area contributed by atoms with Crippen LogP contribution in [0.5, 0.6) is 23.0 Å². The summed E-state index contributed by atoms with van der Waals surface area (Å²) < 4.78 is 35.7. The van der Waals surface area contributed by atoms with Gasteiger partial charge >= 0.3 is 0 Å². The number of rotatable bonds is 7. The standard InChI is InChI=1S/C31H31FN6O3/c1-17-27(40-20-6-8-26-25(12-20)35-16-38(26)2)9-7-23(30(17)32)37-31-22-13-29(28(39-3)14-24(22)33-15-34-31)41-21-10-18-4-5-19(11-21)36-18/h6-9,12-16,18-19,21,36H,4-5,10-11H2,1-3H3,(H,33,34,37). The molecule has 2 fully saturated rings. The molecular formula is C31H31FN6O3. The molecule has 7 rings (SSSR count). The molecule has 0 radical (unpaired) electrons. The van der Waals surface area contributed by atoms with E-state index in [2.05, 4.69) is 25.6 Å². The highest BCUT2D eigenvalue weighted by Crippen LogP contribution is 2.39. The molecule has 0 spiro atoms. The fourth-order valence-electron chi connectivity index (χ4n) is 6.00. The smallest absolute Gasteiger partial charge is 0.162 e. The van der Waals surface area contributed by atoms with E-state index in [0.29, 0.717) is 57.4 Å². The fourth-order valence-corrected chi connectivity index (χ4v) is 6.00. The molecule has 3 aromatic carbocycles. The highest BCUT2D eigenvalue weighted by atomic mass is 19.1. The van der Waals surface area contributed by atoms with Crippen LogP contribution >= 0.6 is 0 Å². The van der Waals surface area contributed by atoms with Crippen molar-refractivity contribution in [2.24, 2.45) is 7.05 Å². The summed E-state index contributed by atoms with van der Waals surface area (Å²) in [6.07, 6.45) is 7.60. The van der Waals surface area contributed by atoms with E-state index in [9.17, 15) is 0 Å². The number of halogens is 1. The van der Waals surface area contributed by atoms with E-state index in [4.69, 9.17) is 14.2 Å². The Morgan fingerprint density at radius 3 is 2.59 bits per heavy atom. The Hall–Kier alpha value is -4.44. The van der Waals surface area contributed by atoms with Crippen LogP contribution in [0.2, 0.25) is 0 Å². The predicted molar refractivity (Wildman–Crippen MR) is 155 cm³/mol. The lowest BCUT2D eigenvalue weighted by Crippen LogP contribution is -2.42. The van der Waals surface area contributed by atoms with Gasteiger partial charge in [0.15, 0.2) is 17.3 Å². The highest BCUT2D eigenvalue weighted by molar-refractivity contribution is 5.93. The summed E-state index contributed by atoms with van der Waals surface area (Å²) in [5, 5.41) is 7.52. The average molecular weight is 555 g/mol. The lowest BCUT2D eigenvalue weighted by Gasteiger charge is -2.30. The molecule has 10 heteroatoms. The minimum Gasteiger partial charge on any atom is -0.493 e. The van der Waals surface area contributed by atoms with Crippen molar-refractivity contribution in [3.63, 3.8) is 0 Å². The van der Waals surface area contributed by atoms with Crippen molar-refractivity contribution < 1.29 is 18.6 Å². The monoisotopic (exact) mass is 554 g/mol. The molecule has 2 atom stereocenters. The molecular weight excluding hydrogens is 523 g/mol. The third kappa shape index (κ3) is 4.78. The molecule has 2 aliphatic rings. The van der Waals surface area contributed by atoms with Crippen molar-refractivity contribution in [2.45, 2.75) is 50.8 Å². The zero-order valence-electron chi connectivity index (χ0n) is 23.1. The molecule has 4 heterocycles. The number of piperidine rings is 1. The lowest BCUT2D eigenvalue weighted by atomic mass is 10.0. The molecule has 2 aliphatic heterocycles. The Balaban J connectivity index is 1.16. The highest BCUT2D eigenvalue weighted by Gasteiger charge is 2.35. The maximum Gasteiger partial charge on any atom is 0.162 e. The van der Waals surface area contributed by atoms with Gasteiger partial charge in [0, 0.05) is 42.2 Å². The first-order chi connectivity index (χ1) is 19.9. The number of imidazole rings is 1. The van der Waals surface area contributed by atoms with Gasteiger partial charge in [-0.25, -0.2) is 19.3 Å². The molecule has 41 heavy (non-hydrogen) atoms. The van der Waals surface area contributed by atoms with Crippen LogP contribution in [-0.2, 0) is 7.05 Å². The zero-order chi connectivity index (χ0) is 28.1. The predicted octanol–water partition coefficient (Wildman–Crippen LogP) is 6.17. The van der Waals surface area contributed by atoms with E-state index >= 15 is 4.39 Å². The summed E-state index contributed by atoms with van der Waals surface area (Å²) in [5.74, 6) is 2.30. The molecule has 5 aromatic rings. The van der Waals surface area contributed by atoms with Crippen LogP contribution in [-0.4, -0.2) is 44.8 Å². The van der Waals surface area contributed by atoms with Gasteiger partial charge in [-0.2, -0.15) is 0 Å². The Labute approximate surface area is 236 Å². The van der Waals surface area contributed by atoms with Crippen molar-refractivity contribution in [1.29, 1.82) is 0 Å². The number of aryl methyl sites for hydroxylation is 1. The molecule has 0 saturated carbocycles. The van der Waals surface area contributed by atoms with Gasteiger partial charge in [-0.1, -0.05) is 0 Å². The quantitative estimate of drug-likeness (QED) is 0.247. The first kappa shape index (κ1) is 25.5. The van der Waals surface area contributed by atoms with E-state index in [0.717, 1.165) is 23.9 Å². The first-order valence-electron chi connectivity index (χ1n) is 13.9. The summed E-state index contributed by atoms with van der Waals surface area (Å²) in [4.78, 5) is 13.2. The number of hydrogen-bond donors (Lipinski definition) is 2. The van der Waals surface area contributed by atoms with Gasteiger partial charge in [0.05, 0.1) is 35.7 Å². The van der Waals surface area contributed by atoms with E-state index in [-0.39, 0.29) is 11.8 Å².